The van der Waals surface area contributed by atoms with E-state index in [0.29, 0.717) is 16.3 Å². The quantitative estimate of drug-likeness (QED) is 0.681. The van der Waals surface area contributed by atoms with E-state index < -0.39 is 11.7 Å². The molecule has 1 aliphatic rings. The molecule has 1 heterocycles. The van der Waals surface area contributed by atoms with Gasteiger partial charge in [-0.2, -0.15) is 13.2 Å². The monoisotopic (exact) mass is 399 g/mol. The zero-order valence-electron chi connectivity index (χ0n) is 9.68. The van der Waals surface area contributed by atoms with Crippen LogP contribution in [0.4, 0.5) is 18.9 Å². The number of benzene rings is 1. The van der Waals surface area contributed by atoms with Crippen LogP contribution in [0.25, 0.3) is 0 Å². The van der Waals surface area contributed by atoms with Gasteiger partial charge in [0.1, 0.15) is 0 Å². The number of anilines is 1. The average Bonchev–Trinajstić information content (AvgIpc) is 2.68. The predicted molar refractivity (Wildman–Crippen MR) is 73.4 cm³/mol. The summed E-state index contributed by atoms with van der Waals surface area (Å²) in [7, 11) is 0. The second-order valence-electron chi connectivity index (χ2n) is 4.39. The Hall–Kier alpha value is -0.560. The van der Waals surface area contributed by atoms with Gasteiger partial charge in [-0.25, -0.2) is 0 Å². The van der Waals surface area contributed by atoms with Crippen molar-refractivity contribution in [1.29, 1.82) is 0 Å². The fourth-order valence-corrected chi connectivity index (χ4v) is 2.87. The number of carbonyl (C=O) groups excluding carboxylic acids is 1. The smallest absolute Gasteiger partial charge is 0.311 e. The Labute approximate surface area is 125 Å². The SMILES string of the molecule is O=C1CC(CBr)CN1c1cc(Br)ccc1C(F)(F)F. The van der Waals surface area contributed by atoms with E-state index in [4.69, 9.17) is 0 Å². The number of alkyl halides is 4. The first-order valence-corrected chi connectivity index (χ1v) is 7.47. The lowest BCUT2D eigenvalue weighted by Crippen LogP contribution is -2.27. The summed E-state index contributed by atoms with van der Waals surface area (Å²) in [6.07, 6.45) is -4.20. The summed E-state index contributed by atoms with van der Waals surface area (Å²) in [6, 6.07) is 3.67. The molecule has 0 N–H and O–H groups in total. The Balaban J connectivity index is 2.44. The summed E-state index contributed by atoms with van der Waals surface area (Å²) < 4.78 is 39.5. The van der Waals surface area contributed by atoms with Crippen LogP contribution in [0.3, 0.4) is 0 Å². The van der Waals surface area contributed by atoms with Crippen molar-refractivity contribution in [3.63, 3.8) is 0 Å². The van der Waals surface area contributed by atoms with Crippen molar-refractivity contribution in [3.05, 3.63) is 28.2 Å². The predicted octanol–water partition coefficient (Wildman–Crippen LogP) is 4.22. The van der Waals surface area contributed by atoms with E-state index in [2.05, 4.69) is 31.9 Å². The van der Waals surface area contributed by atoms with Crippen LogP contribution in [-0.2, 0) is 11.0 Å². The van der Waals surface area contributed by atoms with E-state index in [9.17, 15) is 18.0 Å². The van der Waals surface area contributed by atoms with Crippen LogP contribution in [-0.4, -0.2) is 17.8 Å². The molecule has 104 valence electrons. The molecule has 7 heteroatoms. The maximum atomic E-state index is 13.0. The van der Waals surface area contributed by atoms with Crippen molar-refractivity contribution in [3.8, 4) is 0 Å². The Morgan fingerprint density at radius 2 is 2.05 bits per heavy atom. The van der Waals surface area contributed by atoms with Gasteiger partial charge >= 0.3 is 6.18 Å². The molecule has 0 radical (unpaired) electrons. The first kappa shape index (κ1) is 14.8. The molecule has 1 atom stereocenters. The fourth-order valence-electron chi connectivity index (χ4n) is 2.09. The van der Waals surface area contributed by atoms with Gasteiger partial charge in [-0.3, -0.25) is 4.79 Å². The molecule has 1 aliphatic heterocycles. The van der Waals surface area contributed by atoms with Crippen molar-refractivity contribution in [2.24, 2.45) is 5.92 Å². The van der Waals surface area contributed by atoms with E-state index in [1.165, 1.54) is 17.0 Å². The average molecular weight is 401 g/mol. The van der Waals surface area contributed by atoms with Crippen LogP contribution >= 0.6 is 31.9 Å². The second-order valence-corrected chi connectivity index (χ2v) is 5.95. The second kappa shape index (κ2) is 5.44. The third-order valence-electron chi connectivity index (χ3n) is 2.98. The Kier molecular flexibility index (Phi) is 4.25. The first-order valence-electron chi connectivity index (χ1n) is 5.56. The van der Waals surface area contributed by atoms with E-state index in [-0.39, 0.29) is 23.9 Å². The maximum Gasteiger partial charge on any atom is 0.418 e. The summed E-state index contributed by atoms with van der Waals surface area (Å²) in [5.74, 6) is -0.222. The normalized spacial score (nSPS) is 20.2. The van der Waals surface area contributed by atoms with Crippen LogP contribution in [0.5, 0.6) is 0 Å². The molecule has 1 saturated heterocycles. The van der Waals surface area contributed by atoms with Crippen LogP contribution in [0.15, 0.2) is 22.7 Å². The molecule has 0 saturated carbocycles. The molecule has 0 aliphatic carbocycles. The third kappa shape index (κ3) is 3.13. The minimum absolute atomic E-state index is 0.0487. The summed E-state index contributed by atoms with van der Waals surface area (Å²) in [5.41, 5.74) is -0.852. The fraction of sp³-hybridized carbons (Fsp3) is 0.417. The van der Waals surface area contributed by atoms with Crippen molar-refractivity contribution < 1.29 is 18.0 Å². The van der Waals surface area contributed by atoms with Crippen molar-refractivity contribution in [2.45, 2.75) is 12.6 Å². The standard InChI is InChI=1S/C12H10Br2F3NO/c13-5-7-3-11(19)18(6-7)10-4-8(14)1-2-9(10)12(15,16)17/h1-2,4,7H,3,5-6H2. The van der Waals surface area contributed by atoms with E-state index >= 15 is 0 Å². The summed E-state index contributed by atoms with van der Waals surface area (Å²) in [4.78, 5) is 13.1. The molecule has 19 heavy (non-hydrogen) atoms. The Morgan fingerprint density at radius 1 is 1.37 bits per heavy atom. The zero-order chi connectivity index (χ0) is 14.2. The molecule has 1 unspecified atom stereocenters. The molecule has 0 bridgehead atoms. The lowest BCUT2D eigenvalue weighted by molar-refractivity contribution is -0.137. The lowest BCUT2D eigenvalue weighted by atomic mass is 10.1. The van der Waals surface area contributed by atoms with Gasteiger partial charge in [0.05, 0.1) is 11.3 Å². The van der Waals surface area contributed by atoms with E-state index in [1.54, 1.807) is 0 Å². The highest BCUT2D eigenvalue weighted by atomic mass is 79.9. The molecular formula is C12H10Br2F3NO. The number of carbonyl (C=O) groups is 1. The van der Waals surface area contributed by atoms with Crippen LogP contribution in [0, 0.1) is 5.92 Å². The molecule has 1 amide bonds. The molecular weight excluding hydrogens is 391 g/mol. The largest absolute Gasteiger partial charge is 0.418 e. The number of amides is 1. The zero-order valence-corrected chi connectivity index (χ0v) is 12.8. The first-order chi connectivity index (χ1) is 8.82. The minimum atomic E-state index is -4.47. The van der Waals surface area contributed by atoms with E-state index in [1.807, 2.05) is 0 Å². The van der Waals surface area contributed by atoms with Gasteiger partial charge in [0, 0.05) is 22.8 Å². The van der Waals surface area contributed by atoms with Gasteiger partial charge in [0.2, 0.25) is 5.91 Å². The van der Waals surface area contributed by atoms with Crippen LogP contribution in [0.2, 0.25) is 0 Å². The lowest BCUT2D eigenvalue weighted by Gasteiger charge is -2.22. The van der Waals surface area contributed by atoms with Gasteiger partial charge in [0.25, 0.3) is 0 Å². The van der Waals surface area contributed by atoms with Crippen molar-refractivity contribution in [1.82, 2.24) is 0 Å². The van der Waals surface area contributed by atoms with Crippen molar-refractivity contribution >= 4 is 43.5 Å². The van der Waals surface area contributed by atoms with Crippen molar-refractivity contribution in [2.75, 3.05) is 16.8 Å². The molecule has 0 spiro atoms. The molecule has 2 nitrogen and oxygen atoms in total. The Morgan fingerprint density at radius 3 is 2.58 bits per heavy atom. The van der Waals surface area contributed by atoms with Gasteiger partial charge in [0.15, 0.2) is 0 Å². The highest BCUT2D eigenvalue weighted by Gasteiger charge is 2.38. The number of halogens is 5. The number of nitrogens with zero attached hydrogens (tertiary/aromatic N) is 1. The molecule has 2 rings (SSSR count). The third-order valence-corrected chi connectivity index (χ3v) is 4.39. The number of hydrogen-bond acceptors (Lipinski definition) is 1. The molecule has 1 fully saturated rings. The van der Waals surface area contributed by atoms with Crippen LogP contribution < -0.4 is 4.90 Å². The maximum absolute atomic E-state index is 13.0. The highest BCUT2D eigenvalue weighted by molar-refractivity contribution is 9.10. The van der Waals surface area contributed by atoms with E-state index in [0.717, 1.165) is 6.07 Å². The van der Waals surface area contributed by atoms with Gasteiger partial charge in [-0.05, 0) is 24.1 Å². The van der Waals surface area contributed by atoms with Crippen LogP contribution in [0.1, 0.15) is 12.0 Å². The number of hydrogen-bond donors (Lipinski definition) is 0. The Bertz CT molecular complexity index is 504. The molecule has 1 aromatic carbocycles. The topological polar surface area (TPSA) is 20.3 Å². The van der Waals surface area contributed by atoms with Gasteiger partial charge in [-0.15, -0.1) is 0 Å². The summed E-state index contributed by atoms with van der Waals surface area (Å²) >= 11 is 6.41. The van der Waals surface area contributed by atoms with Gasteiger partial charge in [-0.1, -0.05) is 31.9 Å². The molecule has 1 aromatic rings. The van der Waals surface area contributed by atoms with Gasteiger partial charge < -0.3 is 4.90 Å². The summed E-state index contributed by atoms with van der Waals surface area (Å²) in [5, 5.41) is 0.602. The highest BCUT2D eigenvalue weighted by Crippen LogP contribution is 2.40. The summed E-state index contributed by atoms with van der Waals surface area (Å²) in [6.45, 7) is 0.309. The number of rotatable bonds is 2. The minimum Gasteiger partial charge on any atom is -0.311 e. The molecule has 0 aromatic heterocycles.